The van der Waals surface area contributed by atoms with E-state index in [1.807, 2.05) is 0 Å². The summed E-state index contributed by atoms with van der Waals surface area (Å²) in [6.07, 6.45) is 1.91. The van der Waals surface area contributed by atoms with Gasteiger partial charge in [-0.05, 0) is 168 Å². The third-order valence-electron chi connectivity index (χ3n) is 11.3. The molecule has 3 aromatic carbocycles. The van der Waals surface area contributed by atoms with E-state index >= 15 is 0 Å². The molecule has 73 heavy (non-hydrogen) atoms. The standard InChI is InChI=1S/C49H75Br3N3O13PS4/c1-35(2)54(36(3)4)69(55(37(5)6)38(7)8)68-33-63-32-64-34-70-48(56)15-13-12-14-28-53-49(29-65-39(9)71(57,58)45-22-16-42(50)17-23-45,30-66-40(10)72(59,60)46-24-18-43(51)19-25-46)31-67-41(11)73(61,62)47-26-20-44(52)21-27-47/h16-27,35-41,53H,12-15,28-34H2,1-11H3. The normalized spacial score (nSPS) is 15.0. The van der Waals surface area contributed by atoms with Crippen LogP contribution in [-0.2, 0) is 62.5 Å². The van der Waals surface area contributed by atoms with Gasteiger partial charge in [0.15, 0.2) is 43.5 Å². The van der Waals surface area contributed by atoms with Crippen LogP contribution < -0.4 is 5.32 Å². The average molecular weight is 1310 g/mol. The van der Waals surface area contributed by atoms with E-state index in [0.717, 1.165) is 11.8 Å². The molecule has 3 atom stereocenters. The van der Waals surface area contributed by atoms with Gasteiger partial charge in [-0.2, -0.15) is 0 Å². The Labute approximate surface area is 466 Å². The van der Waals surface area contributed by atoms with E-state index in [-0.39, 0.29) is 76.5 Å². The molecule has 0 spiro atoms. The van der Waals surface area contributed by atoms with Gasteiger partial charge in [0, 0.05) is 44.0 Å². The zero-order chi connectivity index (χ0) is 54.7. The number of nitrogens with one attached hydrogen (secondary N) is 1. The van der Waals surface area contributed by atoms with E-state index in [9.17, 15) is 30.0 Å². The molecule has 3 rings (SSSR count). The quantitative estimate of drug-likeness (QED) is 0.0332. The molecule has 3 unspecified atom stereocenters. The average Bonchev–Trinajstić information content (AvgIpc) is 3.32. The van der Waals surface area contributed by atoms with Crippen LogP contribution in [0.2, 0.25) is 0 Å². The Hall–Kier alpha value is -0.960. The maximum atomic E-state index is 13.7. The first-order valence-corrected chi connectivity index (χ1v) is 33.2. The molecule has 0 aromatic heterocycles. The number of unbranched alkanes of at least 4 members (excludes halogenated alkanes) is 2. The Kier molecular flexibility index (Phi) is 28.7. The molecule has 0 bridgehead atoms. The number of ether oxygens (including phenoxy) is 5. The smallest absolute Gasteiger partial charge is 0.204 e. The molecule has 0 saturated heterocycles. The Bertz CT molecular complexity index is 2220. The van der Waals surface area contributed by atoms with Crippen LogP contribution in [0.5, 0.6) is 0 Å². The molecule has 24 heteroatoms. The van der Waals surface area contributed by atoms with Gasteiger partial charge in [0.05, 0.1) is 40.0 Å². The number of carbonyl (C=O) groups is 1. The zero-order valence-corrected chi connectivity index (χ0v) is 52.6. The number of hydrogen-bond donors (Lipinski definition) is 1. The van der Waals surface area contributed by atoms with Crippen molar-refractivity contribution in [3.8, 4) is 0 Å². The van der Waals surface area contributed by atoms with E-state index in [1.54, 1.807) is 36.4 Å². The van der Waals surface area contributed by atoms with Gasteiger partial charge >= 0.3 is 0 Å². The van der Waals surface area contributed by atoms with Gasteiger partial charge in [-0.25, -0.2) is 34.6 Å². The van der Waals surface area contributed by atoms with Crippen molar-refractivity contribution in [2.24, 2.45) is 0 Å². The first-order valence-electron chi connectivity index (χ1n) is 24.0. The van der Waals surface area contributed by atoms with Gasteiger partial charge in [0.25, 0.3) is 0 Å². The molecule has 0 saturated carbocycles. The number of sulfone groups is 3. The molecular formula is C49H75Br3N3O13PS4. The van der Waals surface area contributed by atoms with E-state index in [1.165, 1.54) is 57.2 Å². The molecule has 0 aliphatic carbocycles. The van der Waals surface area contributed by atoms with Crippen LogP contribution in [0.15, 0.2) is 101 Å². The first-order chi connectivity index (χ1) is 34.2. The molecule has 0 aliphatic rings. The predicted octanol–water partition coefficient (Wildman–Crippen LogP) is 11.3. The third kappa shape index (κ3) is 21.0. The van der Waals surface area contributed by atoms with Crippen LogP contribution in [0.1, 0.15) is 102 Å². The van der Waals surface area contributed by atoms with E-state index in [2.05, 4.69) is 118 Å². The highest BCUT2D eigenvalue weighted by Crippen LogP contribution is 2.50. The fourth-order valence-electron chi connectivity index (χ4n) is 7.38. The minimum atomic E-state index is -4.05. The third-order valence-corrected chi connectivity index (χ3v) is 22.5. The Balaban J connectivity index is 1.72. The van der Waals surface area contributed by atoms with Crippen molar-refractivity contribution in [2.75, 3.05) is 45.9 Å². The van der Waals surface area contributed by atoms with Gasteiger partial charge in [-0.1, -0.05) is 66.0 Å². The highest BCUT2D eigenvalue weighted by molar-refractivity contribution is 9.11. The zero-order valence-electron chi connectivity index (χ0n) is 43.7. The van der Waals surface area contributed by atoms with Crippen LogP contribution in [0.4, 0.5) is 0 Å². The molecule has 3 aromatic rings. The van der Waals surface area contributed by atoms with Crippen LogP contribution in [0.3, 0.4) is 0 Å². The molecule has 0 aliphatic heterocycles. The predicted molar refractivity (Wildman–Crippen MR) is 301 cm³/mol. The molecule has 414 valence electrons. The van der Waals surface area contributed by atoms with Crippen molar-refractivity contribution in [1.82, 2.24) is 14.7 Å². The molecule has 0 radical (unpaired) electrons. The molecule has 0 fully saturated rings. The molecule has 16 nitrogen and oxygen atoms in total. The van der Waals surface area contributed by atoms with E-state index in [4.69, 9.17) is 28.2 Å². The number of halogens is 3. The summed E-state index contributed by atoms with van der Waals surface area (Å²) in [6.45, 7) is 20.4. The lowest BCUT2D eigenvalue weighted by Gasteiger charge is -2.45. The number of thioether (sulfide) groups is 1. The second-order valence-corrected chi connectivity index (χ2v) is 30.5. The largest absolute Gasteiger partial charge is 0.360 e. The summed E-state index contributed by atoms with van der Waals surface area (Å²) in [7, 11) is -13.3. The Morgan fingerprint density at radius 1 is 0.548 bits per heavy atom. The minimum Gasteiger partial charge on any atom is -0.360 e. The highest BCUT2D eigenvalue weighted by atomic mass is 79.9. The SMILES string of the molecule is CC(C)N(C(C)C)P(OCOCOCSC(=O)CCCCCNC(COC(C)S(=O)(=O)c1ccc(Br)cc1)(COC(C)S(=O)(=O)c1ccc(Br)cc1)COC(C)S(=O)(=O)c1ccc(Br)cc1)N(C(C)C)C(C)C. The monoisotopic (exact) mass is 1310 g/mol. The van der Waals surface area contributed by atoms with E-state index < -0.39 is 79.6 Å². The highest BCUT2D eigenvalue weighted by Gasteiger charge is 2.39. The summed E-state index contributed by atoms with van der Waals surface area (Å²) in [5.41, 5.74) is -5.71. The number of hydrogen-bond acceptors (Lipinski definition) is 17. The van der Waals surface area contributed by atoms with Crippen molar-refractivity contribution in [1.29, 1.82) is 0 Å². The first kappa shape index (κ1) is 66.3. The number of benzene rings is 3. The van der Waals surface area contributed by atoms with Crippen LogP contribution in [-0.4, -0.2) is 132 Å². The van der Waals surface area contributed by atoms with Crippen molar-refractivity contribution in [3.05, 3.63) is 86.2 Å². The van der Waals surface area contributed by atoms with Gasteiger partial charge in [-0.15, -0.1) is 0 Å². The Morgan fingerprint density at radius 3 is 1.25 bits per heavy atom. The number of nitrogens with zero attached hydrogens (tertiary/aromatic N) is 2. The summed E-state index contributed by atoms with van der Waals surface area (Å²) in [4.78, 5) is 12.9. The lowest BCUT2D eigenvalue weighted by molar-refractivity contribution is -0.111. The van der Waals surface area contributed by atoms with Crippen molar-refractivity contribution in [2.45, 2.75) is 163 Å². The second-order valence-electron chi connectivity index (χ2n) is 18.4. The van der Waals surface area contributed by atoms with Gasteiger partial charge in [0.2, 0.25) is 29.5 Å². The maximum Gasteiger partial charge on any atom is 0.204 e. The lowest BCUT2D eigenvalue weighted by Crippen LogP contribution is -2.58. The summed E-state index contributed by atoms with van der Waals surface area (Å²) in [5, 5.41) is 3.31. The summed E-state index contributed by atoms with van der Waals surface area (Å²) in [6, 6.07) is 19.3. The fraction of sp³-hybridized carbons (Fsp3) is 0.612. The maximum absolute atomic E-state index is 13.7. The van der Waals surface area contributed by atoms with Crippen LogP contribution in [0.25, 0.3) is 0 Å². The van der Waals surface area contributed by atoms with Crippen molar-refractivity contribution >= 4 is 103 Å². The van der Waals surface area contributed by atoms with Crippen LogP contribution >= 0.6 is 68.0 Å². The van der Waals surface area contributed by atoms with Gasteiger partial charge in [0.1, 0.15) is 5.94 Å². The van der Waals surface area contributed by atoms with Gasteiger partial charge in [-0.3, -0.25) is 4.79 Å². The second kappa shape index (κ2) is 31.6. The summed E-state index contributed by atoms with van der Waals surface area (Å²) in [5.74, 6) is 0.105. The minimum absolute atomic E-state index is 0.0138. The number of rotatable bonds is 35. The molecule has 0 amide bonds. The fourth-order valence-corrected chi connectivity index (χ4v) is 14.4. The molecular weight excluding hydrogens is 1240 g/mol. The summed E-state index contributed by atoms with van der Waals surface area (Å²) < 4.78 is 125. The molecule has 0 heterocycles. The van der Waals surface area contributed by atoms with E-state index in [0.29, 0.717) is 32.7 Å². The summed E-state index contributed by atoms with van der Waals surface area (Å²) >= 11 is 11.0. The Morgan fingerprint density at radius 2 is 0.904 bits per heavy atom. The molecule has 1 N–H and O–H groups in total. The van der Waals surface area contributed by atoms with Crippen LogP contribution in [0, 0.1) is 0 Å². The van der Waals surface area contributed by atoms with Crippen molar-refractivity contribution in [3.63, 3.8) is 0 Å². The van der Waals surface area contributed by atoms with Crippen molar-refractivity contribution < 1.29 is 58.3 Å². The van der Waals surface area contributed by atoms with Gasteiger partial charge < -0.3 is 33.5 Å². The topological polar surface area (TPSA) is 193 Å². The lowest BCUT2D eigenvalue weighted by atomic mass is 10.0. The number of carbonyl (C=O) groups excluding carboxylic acids is 1.